The molecule has 134 valence electrons. The van der Waals surface area contributed by atoms with Gasteiger partial charge in [0.2, 0.25) is 0 Å². The Morgan fingerprint density at radius 3 is 2.08 bits per heavy atom. The SMILES string of the molecule is C=CCN(c1ccc(C(F)(F)F)cc1)S(=O)(=O)c1ccc(OC)cc1. The van der Waals surface area contributed by atoms with Gasteiger partial charge in [0.1, 0.15) is 5.75 Å². The Bertz CT molecular complexity index is 829. The Hall–Kier alpha value is -2.48. The van der Waals surface area contributed by atoms with E-state index >= 15 is 0 Å². The minimum atomic E-state index is -4.49. The molecule has 0 unspecified atom stereocenters. The first-order chi connectivity index (χ1) is 11.7. The van der Waals surface area contributed by atoms with Crippen LogP contribution >= 0.6 is 0 Å². The number of hydrogen-bond donors (Lipinski definition) is 0. The maximum atomic E-state index is 12.8. The van der Waals surface area contributed by atoms with Crippen LogP contribution in [-0.2, 0) is 16.2 Å². The highest BCUT2D eigenvalue weighted by Gasteiger charge is 2.31. The van der Waals surface area contributed by atoms with Gasteiger partial charge < -0.3 is 4.74 Å². The van der Waals surface area contributed by atoms with E-state index in [-0.39, 0.29) is 17.1 Å². The summed E-state index contributed by atoms with van der Waals surface area (Å²) in [6.45, 7) is 3.43. The molecule has 0 aliphatic rings. The summed E-state index contributed by atoms with van der Waals surface area (Å²) in [7, 11) is -2.51. The third kappa shape index (κ3) is 4.14. The van der Waals surface area contributed by atoms with Gasteiger partial charge >= 0.3 is 6.18 Å². The van der Waals surface area contributed by atoms with Gasteiger partial charge in [0.05, 0.1) is 29.8 Å². The zero-order valence-corrected chi connectivity index (χ0v) is 14.1. The summed E-state index contributed by atoms with van der Waals surface area (Å²) in [5.74, 6) is 0.490. The highest BCUT2D eigenvalue weighted by atomic mass is 32.2. The highest BCUT2D eigenvalue weighted by molar-refractivity contribution is 7.92. The van der Waals surface area contributed by atoms with Crippen molar-refractivity contribution in [2.24, 2.45) is 0 Å². The normalized spacial score (nSPS) is 11.8. The highest BCUT2D eigenvalue weighted by Crippen LogP contribution is 2.32. The Morgan fingerprint density at radius 1 is 1.08 bits per heavy atom. The molecule has 2 aromatic rings. The van der Waals surface area contributed by atoms with Crippen LogP contribution < -0.4 is 9.04 Å². The molecular formula is C17H16F3NO3S. The largest absolute Gasteiger partial charge is 0.497 e. The van der Waals surface area contributed by atoms with E-state index in [9.17, 15) is 21.6 Å². The summed E-state index contributed by atoms with van der Waals surface area (Å²) in [6.07, 6.45) is -3.13. The topological polar surface area (TPSA) is 46.6 Å². The van der Waals surface area contributed by atoms with Gasteiger partial charge in [-0.05, 0) is 48.5 Å². The number of methoxy groups -OCH3 is 1. The van der Waals surface area contributed by atoms with Gasteiger partial charge in [-0.1, -0.05) is 6.08 Å². The lowest BCUT2D eigenvalue weighted by atomic mass is 10.2. The molecule has 0 atom stereocenters. The van der Waals surface area contributed by atoms with Crippen molar-refractivity contribution in [3.05, 3.63) is 66.7 Å². The number of nitrogens with zero attached hydrogens (tertiary/aromatic N) is 1. The summed E-state index contributed by atoms with van der Waals surface area (Å²) >= 11 is 0. The molecule has 2 aromatic carbocycles. The van der Waals surface area contributed by atoms with Crippen LogP contribution in [0.15, 0.2) is 66.1 Å². The number of rotatable bonds is 6. The van der Waals surface area contributed by atoms with E-state index < -0.39 is 21.8 Å². The fraction of sp³-hybridized carbons (Fsp3) is 0.176. The quantitative estimate of drug-likeness (QED) is 0.719. The molecule has 0 radical (unpaired) electrons. The Balaban J connectivity index is 2.43. The molecule has 8 heteroatoms. The Kier molecular flexibility index (Phi) is 5.42. The van der Waals surface area contributed by atoms with Gasteiger partial charge in [-0.2, -0.15) is 13.2 Å². The molecule has 0 bridgehead atoms. The Labute approximate surface area is 144 Å². The molecule has 0 aliphatic heterocycles. The van der Waals surface area contributed by atoms with Crippen molar-refractivity contribution in [1.29, 1.82) is 0 Å². The number of sulfonamides is 1. The first-order valence-electron chi connectivity index (χ1n) is 7.15. The average molecular weight is 371 g/mol. The first kappa shape index (κ1) is 18.9. The zero-order chi connectivity index (χ0) is 18.7. The van der Waals surface area contributed by atoms with Crippen LogP contribution in [0.5, 0.6) is 5.75 Å². The van der Waals surface area contributed by atoms with Gasteiger partial charge in [0.25, 0.3) is 10.0 Å². The lowest BCUT2D eigenvalue weighted by Crippen LogP contribution is -2.31. The molecular weight excluding hydrogens is 355 g/mol. The standard InChI is InChI=1S/C17H16F3NO3S/c1-3-12-21(14-6-4-13(5-7-14)17(18,19)20)25(22,23)16-10-8-15(24-2)9-11-16/h3-11H,1,12H2,2H3. The van der Waals surface area contributed by atoms with Crippen molar-refractivity contribution in [3.63, 3.8) is 0 Å². The van der Waals surface area contributed by atoms with Crippen molar-refractivity contribution < 1.29 is 26.3 Å². The summed E-state index contributed by atoms with van der Waals surface area (Å²) < 4.78 is 69.7. The average Bonchev–Trinajstić information content (AvgIpc) is 2.59. The van der Waals surface area contributed by atoms with E-state index in [1.165, 1.54) is 37.5 Å². The maximum Gasteiger partial charge on any atom is 0.416 e. The number of alkyl halides is 3. The lowest BCUT2D eigenvalue weighted by molar-refractivity contribution is -0.137. The van der Waals surface area contributed by atoms with E-state index in [2.05, 4.69) is 6.58 Å². The van der Waals surface area contributed by atoms with Crippen LogP contribution in [0.3, 0.4) is 0 Å². The summed E-state index contributed by atoms with van der Waals surface area (Å²) in [5.41, 5.74) is -0.736. The molecule has 0 fully saturated rings. The predicted octanol–water partition coefficient (Wildman–Crippen LogP) is 4.10. The van der Waals surface area contributed by atoms with Crippen LogP contribution in [-0.4, -0.2) is 22.1 Å². The second-order valence-electron chi connectivity index (χ2n) is 5.04. The summed E-state index contributed by atoms with van der Waals surface area (Å²) in [6, 6.07) is 9.64. The number of ether oxygens (including phenoxy) is 1. The number of benzene rings is 2. The molecule has 0 saturated heterocycles. The fourth-order valence-corrected chi connectivity index (χ4v) is 3.59. The van der Waals surface area contributed by atoms with E-state index in [1.807, 2.05) is 0 Å². The molecule has 0 spiro atoms. The van der Waals surface area contributed by atoms with Crippen LogP contribution in [0.4, 0.5) is 18.9 Å². The third-order valence-electron chi connectivity index (χ3n) is 3.42. The maximum absolute atomic E-state index is 12.8. The van der Waals surface area contributed by atoms with Crippen molar-refractivity contribution in [2.75, 3.05) is 18.0 Å². The van der Waals surface area contributed by atoms with Crippen LogP contribution in [0.25, 0.3) is 0 Å². The molecule has 0 amide bonds. The summed E-state index contributed by atoms with van der Waals surface area (Å²) in [5, 5.41) is 0. The van der Waals surface area contributed by atoms with Gasteiger partial charge in [-0.15, -0.1) is 6.58 Å². The van der Waals surface area contributed by atoms with E-state index in [0.29, 0.717) is 5.75 Å². The number of hydrogen-bond acceptors (Lipinski definition) is 3. The minimum Gasteiger partial charge on any atom is -0.497 e. The molecule has 4 nitrogen and oxygen atoms in total. The molecule has 0 aliphatic carbocycles. The zero-order valence-electron chi connectivity index (χ0n) is 13.3. The fourth-order valence-electron chi connectivity index (χ4n) is 2.15. The second kappa shape index (κ2) is 7.18. The third-order valence-corrected chi connectivity index (χ3v) is 5.23. The van der Waals surface area contributed by atoms with Gasteiger partial charge in [-0.3, -0.25) is 4.31 Å². The van der Waals surface area contributed by atoms with Crippen LogP contribution in [0, 0.1) is 0 Å². The molecule has 25 heavy (non-hydrogen) atoms. The van der Waals surface area contributed by atoms with Crippen molar-refractivity contribution in [3.8, 4) is 5.75 Å². The summed E-state index contributed by atoms with van der Waals surface area (Å²) in [4.78, 5) is -0.00459. The molecule has 2 rings (SSSR count). The molecule has 0 heterocycles. The molecule has 0 saturated carbocycles. The van der Waals surface area contributed by atoms with E-state index in [0.717, 1.165) is 28.6 Å². The molecule has 0 N–H and O–H groups in total. The van der Waals surface area contributed by atoms with E-state index in [4.69, 9.17) is 4.74 Å². The monoisotopic (exact) mass is 371 g/mol. The first-order valence-corrected chi connectivity index (χ1v) is 8.59. The number of anilines is 1. The second-order valence-corrected chi connectivity index (χ2v) is 6.91. The van der Waals surface area contributed by atoms with Crippen molar-refractivity contribution >= 4 is 15.7 Å². The Morgan fingerprint density at radius 2 is 1.64 bits per heavy atom. The van der Waals surface area contributed by atoms with Gasteiger partial charge in [-0.25, -0.2) is 8.42 Å². The van der Waals surface area contributed by atoms with Crippen LogP contribution in [0.1, 0.15) is 5.56 Å². The van der Waals surface area contributed by atoms with Crippen molar-refractivity contribution in [1.82, 2.24) is 0 Å². The number of halogens is 3. The molecule has 0 aromatic heterocycles. The lowest BCUT2D eigenvalue weighted by Gasteiger charge is -2.23. The van der Waals surface area contributed by atoms with Gasteiger partial charge in [0.15, 0.2) is 0 Å². The minimum absolute atomic E-state index is 0.00459. The smallest absolute Gasteiger partial charge is 0.416 e. The van der Waals surface area contributed by atoms with Crippen LogP contribution in [0.2, 0.25) is 0 Å². The van der Waals surface area contributed by atoms with Crippen molar-refractivity contribution in [2.45, 2.75) is 11.1 Å². The van der Waals surface area contributed by atoms with E-state index in [1.54, 1.807) is 0 Å². The predicted molar refractivity (Wildman–Crippen MR) is 89.2 cm³/mol. The van der Waals surface area contributed by atoms with Gasteiger partial charge in [0, 0.05) is 0 Å².